The Kier molecular flexibility index (Phi) is 4.74. The quantitative estimate of drug-likeness (QED) is 0.856. The number of carbonyl (C=O) groups is 2. The Balaban J connectivity index is 2.76. The van der Waals surface area contributed by atoms with Gasteiger partial charge in [-0.15, -0.1) is 11.3 Å². The molecule has 9 heteroatoms. The largest absolute Gasteiger partial charge is 0.465 e. The SMILES string of the molecule is COC(=O)c1cc(Br)c(NC(=O)CC(F)(F)F)s1. The number of amides is 1. The summed E-state index contributed by atoms with van der Waals surface area (Å²) < 4.78 is 40.6. The van der Waals surface area contributed by atoms with Crippen molar-refractivity contribution in [3.05, 3.63) is 15.4 Å². The zero-order valence-corrected chi connectivity index (χ0v) is 11.3. The lowest BCUT2D eigenvalue weighted by Crippen LogP contribution is -2.20. The lowest BCUT2D eigenvalue weighted by atomic mass is 10.4. The van der Waals surface area contributed by atoms with Crippen LogP contribution in [0.5, 0.6) is 0 Å². The van der Waals surface area contributed by atoms with Gasteiger partial charge in [0.1, 0.15) is 16.3 Å². The van der Waals surface area contributed by atoms with Gasteiger partial charge in [0, 0.05) is 0 Å². The molecule has 0 spiro atoms. The summed E-state index contributed by atoms with van der Waals surface area (Å²) in [6, 6.07) is 1.36. The fraction of sp³-hybridized carbons (Fsp3) is 0.333. The number of halogens is 4. The summed E-state index contributed by atoms with van der Waals surface area (Å²) in [6.45, 7) is 0. The molecule has 0 radical (unpaired) electrons. The van der Waals surface area contributed by atoms with Gasteiger partial charge in [0.15, 0.2) is 0 Å². The lowest BCUT2D eigenvalue weighted by molar-refractivity contribution is -0.150. The normalized spacial score (nSPS) is 11.2. The second kappa shape index (κ2) is 5.70. The Bertz CT molecular complexity index is 472. The van der Waals surface area contributed by atoms with E-state index in [9.17, 15) is 22.8 Å². The average molecular weight is 346 g/mol. The van der Waals surface area contributed by atoms with Crippen molar-refractivity contribution in [2.45, 2.75) is 12.6 Å². The molecular weight excluding hydrogens is 339 g/mol. The highest BCUT2D eigenvalue weighted by atomic mass is 79.9. The van der Waals surface area contributed by atoms with Gasteiger partial charge in [-0.05, 0) is 22.0 Å². The highest BCUT2D eigenvalue weighted by Crippen LogP contribution is 2.33. The zero-order valence-electron chi connectivity index (χ0n) is 8.93. The van der Waals surface area contributed by atoms with E-state index in [4.69, 9.17) is 0 Å². The van der Waals surface area contributed by atoms with Crippen LogP contribution < -0.4 is 5.32 Å². The molecule has 1 N–H and O–H groups in total. The first-order chi connectivity index (χ1) is 8.23. The van der Waals surface area contributed by atoms with Gasteiger partial charge in [0.05, 0.1) is 11.6 Å². The van der Waals surface area contributed by atoms with Crippen molar-refractivity contribution < 1.29 is 27.5 Å². The fourth-order valence-electron chi connectivity index (χ4n) is 1.01. The first kappa shape index (κ1) is 15.0. The molecule has 0 aliphatic carbocycles. The van der Waals surface area contributed by atoms with Gasteiger partial charge in [-0.2, -0.15) is 13.2 Å². The number of alkyl halides is 3. The third-order valence-electron chi connectivity index (χ3n) is 1.69. The van der Waals surface area contributed by atoms with E-state index < -0.39 is 24.5 Å². The standard InChI is InChI=1S/C9H7BrF3NO3S/c1-17-8(16)5-2-4(10)7(18-5)14-6(15)3-9(11,12)13/h2H,3H2,1H3,(H,14,15). The van der Waals surface area contributed by atoms with Gasteiger partial charge in [0.2, 0.25) is 5.91 Å². The van der Waals surface area contributed by atoms with E-state index in [1.807, 2.05) is 0 Å². The first-order valence-corrected chi connectivity index (χ1v) is 6.08. The summed E-state index contributed by atoms with van der Waals surface area (Å²) in [5, 5.41) is 2.20. The van der Waals surface area contributed by atoms with Crippen LogP contribution in [-0.4, -0.2) is 25.2 Å². The number of anilines is 1. The average Bonchev–Trinajstić information content (AvgIpc) is 2.56. The minimum atomic E-state index is -4.57. The summed E-state index contributed by atoms with van der Waals surface area (Å²) in [6.07, 6.45) is -6.15. The maximum atomic E-state index is 12.0. The van der Waals surface area contributed by atoms with Gasteiger partial charge in [-0.3, -0.25) is 4.79 Å². The van der Waals surface area contributed by atoms with E-state index in [2.05, 4.69) is 26.0 Å². The zero-order chi connectivity index (χ0) is 13.9. The molecule has 4 nitrogen and oxygen atoms in total. The van der Waals surface area contributed by atoms with Gasteiger partial charge < -0.3 is 10.1 Å². The highest BCUT2D eigenvalue weighted by molar-refractivity contribution is 9.10. The van der Waals surface area contributed by atoms with Crippen LogP contribution in [0.25, 0.3) is 0 Å². The van der Waals surface area contributed by atoms with Crippen molar-refractivity contribution >= 4 is 44.1 Å². The number of esters is 1. The molecule has 1 heterocycles. The number of ether oxygens (including phenoxy) is 1. The summed E-state index contributed by atoms with van der Waals surface area (Å²) in [5.74, 6) is -1.82. The molecule has 18 heavy (non-hydrogen) atoms. The number of hydrogen-bond acceptors (Lipinski definition) is 4. The molecule has 0 aliphatic heterocycles. The van der Waals surface area contributed by atoms with Gasteiger partial charge >= 0.3 is 12.1 Å². The number of thiophene rings is 1. The molecule has 0 atom stereocenters. The van der Waals surface area contributed by atoms with Crippen LogP contribution in [0, 0.1) is 0 Å². The van der Waals surface area contributed by atoms with Crippen LogP contribution in [0.1, 0.15) is 16.1 Å². The molecule has 1 amide bonds. The first-order valence-electron chi connectivity index (χ1n) is 4.47. The molecule has 100 valence electrons. The predicted molar refractivity (Wildman–Crippen MR) is 62.7 cm³/mol. The van der Waals surface area contributed by atoms with E-state index in [0.29, 0.717) is 4.47 Å². The van der Waals surface area contributed by atoms with E-state index in [1.165, 1.54) is 13.2 Å². The van der Waals surface area contributed by atoms with E-state index in [-0.39, 0.29) is 9.88 Å². The van der Waals surface area contributed by atoms with Gasteiger partial charge in [0.25, 0.3) is 0 Å². The summed E-state index contributed by atoms with van der Waals surface area (Å²) in [5.41, 5.74) is 0. The van der Waals surface area contributed by atoms with Crippen LogP contribution in [0.15, 0.2) is 10.5 Å². The van der Waals surface area contributed by atoms with Crippen molar-refractivity contribution in [3.63, 3.8) is 0 Å². The molecule has 1 aromatic rings. The highest BCUT2D eigenvalue weighted by Gasteiger charge is 2.31. The predicted octanol–water partition coefficient (Wildman–Crippen LogP) is 3.19. The Morgan fingerprint density at radius 1 is 1.50 bits per heavy atom. The van der Waals surface area contributed by atoms with Crippen molar-refractivity contribution in [1.82, 2.24) is 0 Å². The van der Waals surface area contributed by atoms with Crippen LogP contribution in [0.4, 0.5) is 18.2 Å². The van der Waals surface area contributed by atoms with Gasteiger partial charge in [-0.1, -0.05) is 0 Å². The van der Waals surface area contributed by atoms with Crippen LogP contribution >= 0.6 is 27.3 Å². The molecular formula is C9H7BrF3NO3S. The molecule has 0 saturated carbocycles. The van der Waals surface area contributed by atoms with E-state index in [1.54, 1.807) is 0 Å². The Labute approximate surface area is 112 Å². The van der Waals surface area contributed by atoms with Crippen molar-refractivity contribution in [3.8, 4) is 0 Å². The van der Waals surface area contributed by atoms with Crippen molar-refractivity contribution in [1.29, 1.82) is 0 Å². The smallest absolute Gasteiger partial charge is 0.397 e. The molecule has 0 saturated heterocycles. The lowest BCUT2D eigenvalue weighted by Gasteiger charge is -2.06. The van der Waals surface area contributed by atoms with Crippen molar-refractivity contribution in [2.75, 3.05) is 12.4 Å². The maximum Gasteiger partial charge on any atom is 0.397 e. The Morgan fingerprint density at radius 3 is 2.61 bits per heavy atom. The molecule has 1 rings (SSSR count). The van der Waals surface area contributed by atoms with E-state index >= 15 is 0 Å². The molecule has 0 unspecified atom stereocenters. The second-order valence-electron chi connectivity index (χ2n) is 3.12. The molecule has 1 aromatic heterocycles. The third-order valence-corrected chi connectivity index (χ3v) is 3.61. The number of methoxy groups -OCH3 is 1. The summed E-state index contributed by atoms with van der Waals surface area (Å²) >= 11 is 3.86. The minimum Gasteiger partial charge on any atom is -0.465 e. The van der Waals surface area contributed by atoms with Crippen LogP contribution in [0.2, 0.25) is 0 Å². The Hall–Kier alpha value is -1.09. The number of rotatable bonds is 3. The van der Waals surface area contributed by atoms with Crippen LogP contribution in [-0.2, 0) is 9.53 Å². The summed E-state index contributed by atoms with van der Waals surface area (Å²) in [7, 11) is 1.18. The minimum absolute atomic E-state index is 0.129. The monoisotopic (exact) mass is 345 g/mol. The van der Waals surface area contributed by atoms with Crippen LogP contribution in [0.3, 0.4) is 0 Å². The number of carbonyl (C=O) groups excluding carboxylic acids is 2. The molecule has 0 aromatic carbocycles. The maximum absolute atomic E-state index is 12.0. The molecule has 0 fully saturated rings. The number of hydrogen-bond donors (Lipinski definition) is 1. The third kappa shape index (κ3) is 4.30. The van der Waals surface area contributed by atoms with Crippen molar-refractivity contribution in [2.24, 2.45) is 0 Å². The second-order valence-corrected chi connectivity index (χ2v) is 5.03. The molecule has 0 aliphatic rings. The fourth-order valence-corrected chi connectivity index (χ4v) is 2.62. The number of nitrogens with one attached hydrogen (secondary N) is 1. The summed E-state index contributed by atoms with van der Waals surface area (Å²) in [4.78, 5) is 22.4. The van der Waals surface area contributed by atoms with E-state index in [0.717, 1.165) is 11.3 Å². The van der Waals surface area contributed by atoms with Gasteiger partial charge in [-0.25, -0.2) is 4.79 Å². The molecule has 0 bridgehead atoms. The topological polar surface area (TPSA) is 55.4 Å². The Morgan fingerprint density at radius 2 is 2.11 bits per heavy atom.